The Labute approximate surface area is 148 Å². The fourth-order valence-electron chi connectivity index (χ4n) is 2.09. The van der Waals surface area contributed by atoms with Crippen molar-refractivity contribution >= 4 is 28.2 Å². The van der Waals surface area contributed by atoms with Gasteiger partial charge in [0.25, 0.3) is 0 Å². The number of nitrogens with one attached hydrogen (secondary N) is 1. The Kier molecular flexibility index (Phi) is 7.78. The minimum absolute atomic E-state index is 0. The molecule has 1 aromatic carbocycles. The first-order valence-corrected chi connectivity index (χ1v) is 9.18. The highest BCUT2D eigenvalue weighted by Crippen LogP contribution is 2.32. The summed E-state index contributed by atoms with van der Waals surface area (Å²) in [6.07, 6.45) is 0.566. The molecule has 9 heteroatoms. The lowest BCUT2D eigenvalue weighted by molar-refractivity contribution is -0.120. The van der Waals surface area contributed by atoms with Gasteiger partial charge in [-0.25, -0.2) is 8.42 Å². The van der Waals surface area contributed by atoms with Gasteiger partial charge in [0.05, 0.1) is 10.6 Å². The van der Waals surface area contributed by atoms with Gasteiger partial charge in [0.15, 0.2) is 21.3 Å². The number of nitrogens with two attached hydrogens (primary N) is 1. The van der Waals surface area contributed by atoms with Crippen LogP contribution in [-0.2, 0) is 14.6 Å². The molecule has 1 aromatic rings. The average molecular weight is 379 g/mol. The molecule has 0 radical (unpaired) electrons. The van der Waals surface area contributed by atoms with Gasteiger partial charge < -0.3 is 20.5 Å². The van der Waals surface area contributed by atoms with E-state index < -0.39 is 9.84 Å². The molecular formula is C15H23ClN2O5S. The molecule has 0 bridgehead atoms. The zero-order valence-electron chi connectivity index (χ0n) is 13.5. The van der Waals surface area contributed by atoms with Crippen LogP contribution in [0.1, 0.15) is 19.8 Å². The minimum Gasteiger partial charge on any atom is -0.486 e. The third-order valence-corrected chi connectivity index (χ3v) is 5.11. The zero-order chi connectivity index (χ0) is 16.9. The molecule has 1 heterocycles. The minimum atomic E-state index is -3.55. The van der Waals surface area contributed by atoms with Crippen molar-refractivity contribution in [2.45, 2.75) is 30.7 Å². The van der Waals surface area contributed by atoms with Crippen LogP contribution < -0.4 is 20.5 Å². The summed E-state index contributed by atoms with van der Waals surface area (Å²) in [6, 6.07) is 4.48. The largest absolute Gasteiger partial charge is 0.486 e. The normalized spacial score (nSPS) is 14.4. The third-order valence-electron chi connectivity index (χ3n) is 3.39. The lowest BCUT2D eigenvalue weighted by Crippen LogP contribution is -2.30. The van der Waals surface area contributed by atoms with Gasteiger partial charge in [-0.1, -0.05) is 0 Å². The van der Waals surface area contributed by atoms with Crippen LogP contribution in [0.5, 0.6) is 11.5 Å². The number of ether oxygens (including phenoxy) is 2. The average Bonchev–Trinajstić information content (AvgIpc) is 2.52. The van der Waals surface area contributed by atoms with E-state index in [1.54, 1.807) is 6.07 Å². The lowest BCUT2D eigenvalue weighted by atomic mass is 10.2. The Morgan fingerprint density at radius 3 is 2.62 bits per heavy atom. The van der Waals surface area contributed by atoms with E-state index in [4.69, 9.17) is 15.2 Å². The van der Waals surface area contributed by atoms with Crippen LogP contribution in [0.2, 0.25) is 0 Å². The highest BCUT2D eigenvalue weighted by atomic mass is 35.5. The number of sulfone groups is 1. The van der Waals surface area contributed by atoms with Crippen LogP contribution in [-0.4, -0.2) is 45.9 Å². The molecule has 1 aliphatic heterocycles. The van der Waals surface area contributed by atoms with Gasteiger partial charge in [-0.3, -0.25) is 4.79 Å². The van der Waals surface area contributed by atoms with Crippen molar-refractivity contribution in [1.82, 2.24) is 5.32 Å². The van der Waals surface area contributed by atoms with E-state index >= 15 is 0 Å². The molecule has 1 aliphatic rings. The smallest absolute Gasteiger partial charge is 0.221 e. The van der Waals surface area contributed by atoms with Crippen molar-refractivity contribution in [3.63, 3.8) is 0 Å². The molecule has 0 spiro atoms. The first-order valence-electron chi connectivity index (χ1n) is 7.53. The molecule has 24 heavy (non-hydrogen) atoms. The third kappa shape index (κ3) is 5.85. The summed E-state index contributed by atoms with van der Waals surface area (Å²) < 4.78 is 35.4. The maximum atomic E-state index is 12.3. The van der Waals surface area contributed by atoms with E-state index in [1.807, 2.05) is 6.92 Å². The molecule has 0 aliphatic carbocycles. The van der Waals surface area contributed by atoms with E-state index in [-0.39, 0.29) is 41.4 Å². The SMILES string of the molecule is CC(N)CCNC(=O)CCS(=O)(=O)c1ccc2c(c1)OCCO2.Cl. The number of carbonyl (C=O) groups excluding carboxylic acids is 1. The molecule has 0 fully saturated rings. The predicted octanol–water partition coefficient (Wildman–Crippen LogP) is 0.897. The molecule has 2 rings (SSSR count). The van der Waals surface area contributed by atoms with E-state index in [0.29, 0.717) is 37.7 Å². The summed E-state index contributed by atoms with van der Waals surface area (Å²) in [5.74, 6) is 0.394. The number of fused-ring (bicyclic) bond motifs is 1. The summed E-state index contributed by atoms with van der Waals surface area (Å²) in [4.78, 5) is 11.8. The summed E-state index contributed by atoms with van der Waals surface area (Å²) >= 11 is 0. The van der Waals surface area contributed by atoms with Gasteiger partial charge in [-0.2, -0.15) is 0 Å². The molecule has 1 atom stereocenters. The molecule has 0 saturated carbocycles. The molecule has 7 nitrogen and oxygen atoms in total. The Morgan fingerprint density at radius 2 is 1.96 bits per heavy atom. The highest BCUT2D eigenvalue weighted by Gasteiger charge is 2.20. The number of carbonyl (C=O) groups is 1. The molecular weight excluding hydrogens is 356 g/mol. The van der Waals surface area contributed by atoms with E-state index in [2.05, 4.69) is 5.32 Å². The van der Waals surface area contributed by atoms with E-state index in [1.165, 1.54) is 12.1 Å². The van der Waals surface area contributed by atoms with Crippen LogP contribution in [0.25, 0.3) is 0 Å². The van der Waals surface area contributed by atoms with Crippen LogP contribution in [0.4, 0.5) is 0 Å². The number of halogens is 1. The Morgan fingerprint density at radius 1 is 1.29 bits per heavy atom. The summed E-state index contributed by atoms with van der Waals surface area (Å²) in [5.41, 5.74) is 5.58. The first kappa shape index (κ1) is 20.5. The van der Waals surface area contributed by atoms with Gasteiger partial charge >= 0.3 is 0 Å². The van der Waals surface area contributed by atoms with Crippen LogP contribution in [0.15, 0.2) is 23.1 Å². The molecule has 3 N–H and O–H groups in total. The van der Waals surface area contributed by atoms with Crippen LogP contribution in [0.3, 0.4) is 0 Å². The summed E-state index contributed by atoms with van der Waals surface area (Å²) in [6.45, 7) is 3.12. The van der Waals surface area contributed by atoms with Crippen molar-refractivity contribution in [1.29, 1.82) is 0 Å². The molecule has 0 saturated heterocycles. The first-order chi connectivity index (χ1) is 10.9. The van der Waals surface area contributed by atoms with Crippen LogP contribution >= 0.6 is 12.4 Å². The van der Waals surface area contributed by atoms with Crippen molar-refractivity contribution in [2.75, 3.05) is 25.5 Å². The lowest BCUT2D eigenvalue weighted by Gasteiger charge is -2.18. The number of hydrogen-bond acceptors (Lipinski definition) is 6. The van der Waals surface area contributed by atoms with Gasteiger partial charge in [0, 0.05) is 25.1 Å². The van der Waals surface area contributed by atoms with Crippen molar-refractivity contribution in [2.24, 2.45) is 5.73 Å². The Balaban J connectivity index is 0.00000288. The van der Waals surface area contributed by atoms with E-state index in [0.717, 1.165) is 0 Å². The van der Waals surface area contributed by atoms with E-state index in [9.17, 15) is 13.2 Å². The standard InChI is InChI=1S/C15H22N2O5S.ClH/c1-11(16)4-6-17-15(18)5-9-23(19,20)12-2-3-13-14(10-12)22-8-7-21-13;/h2-3,10-11H,4-9,16H2,1H3,(H,17,18);1H. The van der Waals surface area contributed by atoms with Crippen molar-refractivity contribution in [3.8, 4) is 11.5 Å². The molecule has 136 valence electrons. The fraction of sp³-hybridized carbons (Fsp3) is 0.533. The second kappa shape index (κ2) is 9.10. The Hall–Kier alpha value is -1.51. The van der Waals surface area contributed by atoms with Gasteiger partial charge in [-0.15, -0.1) is 12.4 Å². The Bertz CT molecular complexity index is 664. The second-order valence-electron chi connectivity index (χ2n) is 5.49. The molecule has 1 unspecified atom stereocenters. The topological polar surface area (TPSA) is 108 Å². The summed E-state index contributed by atoms with van der Waals surface area (Å²) in [7, 11) is -3.55. The fourth-order valence-corrected chi connectivity index (χ4v) is 3.34. The monoisotopic (exact) mass is 378 g/mol. The van der Waals surface area contributed by atoms with Crippen molar-refractivity contribution < 1.29 is 22.7 Å². The maximum Gasteiger partial charge on any atom is 0.221 e. The molecule has 1 amide bonds. The quantitative estimate of drug-likeness (QED) is 0.729. The number of benzene rings is 1. The number of hydrogen-bond donors (Lipinski definition) is 2. The zero-order valence-corrected chi connectivity index (χ0v) is 15.1. The van der Waals surface area contributed by atoms with Crippen molar-refractivity contribution in [3.05, 3.63) is 18.2 Å². The van der Waals surface area contributed by atoms with Gasteiger partial charge in [0.2, 0.25) is 5.91 Å². The highest BCUT2D eigenvalue weighted by molar-refractivity contribution is 7.91. The maximum absolute atomic E-state index is 12.3. The number of rotatable bonds is 7. The number of amides is 1. The second-order valence-corrected chi connectivity index (χ2v) is 7.60. The van der Waals surface area contributed by atoms with Gasteiger partial charge in [0.1, 0.15) is 13.2 Å². The molecule has 0 aromatic heterocycles. The van der Waals surface area contributed by atoms with Crippen LogP contribution in [0, 0.1) is 0 Å². The van der Waals surface area contributed by atoms with Gasteiger partial charge in [-0.05, 0) is 25.5 Å². The predicted molar refractivity (Wildman–Crippen MR) is 92.6 cm³/mol. The summed E-state index contributed by atoms with van der Waals surface area (Å²) in [5, 5.41) is 2.66.